The third kappa shape index (κ3) is 10.9. The second-order valence-corrected chi connectivity index (χ2v) is 24.0. The molecule has 0 aromatic carbocycles. The number of methoxy groups -OCH3 is 3. The van der Waals surface area contributed by atoms with E-state index in [0.29, 0.717) is 38.5 Å². The molecule has 74 heavy (non-hydrogen) atoms. The molecule has 4 heterocycles. The van der Waals surface area contributed by atoms with Gasteiger partial charge in [-0.2, -0.15) is 0 Å². The lowest BCUT2D eigenvalue weighted by molar-refractivity contribution is -0.347. The van der Waals surface area contributed by atoms with Gasteiger partial charge in [-0.15, -0.1) is 0 Å². The van der Waals surface area contributed by atoms with Crippen LogP contribution in [0.2, 0.25) is 0 Å². The van der Waals surface area contributed by atoms with Gasteiger partial charge >= 0.3 is 11.9 Å². The highest BCUT2D eigenvalue weighted by atomic mass is 16.8. The van der Waals surface area contributed by atoms with E-state index in [4.69, 9.17) is 61.6 Å². The third-order valence-electron chi connectivity index (χ3n) is 20.1. The molecule has 4 N–H and O–H groups in total. The van der Waals surface area contributed by atoms with Crippen LogP contribution in [0.5, 0.6) is 0 Å². The van der Waals surface area contributed by atoms with Gasteiger partial charge in [0.05, 0.1) is 71.9 Å². The maximum absolute atomic E-state index is 13.1. The van der Waals surface area contributed by atoms with Crippen molar-refractivity contribution in [1.29, 1.82) is 0 Å². The molecule has 27 atom stereocenters. The average molecular weight is 1060 g/mol. The number of esters is 2. The standard InChI is InChI=1S/C55H92O19/c1-14-27(2)51(59)69-32(7)54(60)19-20-55(61)36-16-15-34-21-35(17-18-52(34,9)37(36)22-42(53(54,55)10)70-33(8)56)71-43-23-38(57)48(29(4)66-43)72-45-25-40(63-12)50(30(5)67-45)74-46-26-41(64-13)49(31(6)68-46)73-44-24-39(62-11)47(58)28(3)65-44/h27-32,34-50,57-58,60-61H,14-26H2,1-13H3/t27-,28-,29-,30-,31-,32+,34+,35+,36-,37+,38+,39-,40+,41-,42-,43+,44+,45+,46+,47-,48-,49-,50-,52+,53-,54-,55+/m1/s1. The molecule has 4 saturated carbocycles. The first-order valence-electron chi connectivity index (χ1n) is 28.0. The number of aliphatic hydroxyl groups excluding tert-OH is 2. The molecule has 0 radical (unpaired) electrons. The van der Waals surface area contributed by atoms with Crippen molar-refractivity contribution in [3.05, 3.63) is 0 Å². The van der Waals surface area contributed by atoms with E-state index < -0.39 is 133 Å². The zero-order valence-corrected chi connectivity index (χ0v) is 46.4. The Morgan fingerprint density at radius 3 is 1.70 bits per heavy atom. The van der Waals surface area contributed by atoms with Crippen molar-refractivity contribution in [2.75, 3.05) is 21.3 Å². The summed E-state index contributed by atoms with van der Waals surface area (Å²) in [4.78, 5) is 25.8. The number of aliphatic hydroxyl groups is 4. The summed E-state index contributed by atoms with van der Waals surface area (Å²) in [5.74, 6) is -1.11. The van der Waals surface area contributed by atoms with Gasteiger partial charge in [-0.3, -0.25) is 9.59 Å². The van der Waals surface area contributed by atoms with Crippen molar-refractivity contribution >= 4 is 11.9 Å². The van der Waals surface area contributed by atoms with Crippen LogP contribution in [0.25, 0.3) is 0 Å². The first kappa shape index (κ1) is 58.5. The van der Waals surface area contributed by atoms with E-state index in [1.54, 1.807) is 42.1 Å². The summed E-state index contributed by atoms with van der Waals surface area (Å²) in [5.41, 5.74) is -4.47. The number of hydrogen-bond donors (Lipinski definition) is 4. The molecule has 0 amide bonds. The fourth-order valence-electron chi connectivity index (χ4n) is 15.3. The Bertz CT molecular complexity index is 1880. The molecular formula is C55H92O19. The van der Waals surface area contributed by atoms with Crippen molar-refractivity contribution in [1.82, 2.24) is 0 Å². The first-order chi connectivity index (χ1) is 34.9. The van der Waals surface area contributed by atoms with Crippen molar-refractivity contribution in [3.8, 4) is 0 Å². The molecule has 4 saturated heterocycles. The van der Waals surface area contributed by atoms with E-state index in [9.17, 15) is 30.0 Å². The van der Waals surface area contributed by atoms with Gasteiger partial charge in [0.1, 0.15) is 42.2 Å². The number of carbonyl (C=O) groups is 2. The van der Waals surface area contributed by atoms with Crippen molar-refractivity contribution in [2.45, 2.75) is 281 Å². The van der Waals surface area contributed by atoms with Crippen LogP contribution in [0.3, 0.4) is 0 Å². The van der Waals surface area contributed by atoms with E-state index in [1.807, 2.05) is 34.6 Å². The summed E-state index contributed by atoms with van der Waals surface area (Å²) >= 11 is 0. The molecule has 0 aromatic rings. The van der Waals surface area contributed by atoms with Gasteiger partial charge in [-0.05, 0) is 116 Å². The van der Waals surface area contributed by atoms with Gasteiger partial charge in [-0.25, -0.2) is 0 Å². The zero-order valence-electron chi connectivity index (χ0n) is 46.4. The van der Waals surface area contributed by atoms with Crippen LogP contribution in [0.4, 0.5) is 0 Å². The summed E-state index contributed by atoms with van der Waals surface area (Å²) in [7, 11) is 4.82. The highest BCUT2D eigenvalue weighted by Crippen LogP contribution is 2.71. The average Bonchev–Trinajstić information content (AvgIpc) is 3.58. The topological polar surface area (TPSA) is 235 Å². The van der Waals surface area contributed by atoms with Gasteiger partial charge in [0.2, 0.25) is 0 Å². The van der Waals surface area contributed by atoms with Gasteiger partial charge in [-0.1, -0.05) is 27.7 Å². The van der Waals surface area contributed by atoms with Crippen LogP contribution in [0, 0.1) is 34.5 Å². The minimum Gasteiger partial charge on any atom is -0.462 e. The molecule has 426 valence electrons. The van der Waals surface area contributed by atoms with E-state index in [2.05, 4.69) is 6.92 Å². The number of rotatable bonds is 16. The van der Waals surface area contributed by atoms with Gasteiger partial charge in [0, 0.05) is 53.9 Å². The Kier molecular flexibility index (Phi) is 18.3. The fourth-order valence-corrected chi connectivity index (χ4v) is 15.3. The van der Waals surface area contributed by atoms with E-state index in [0.717, 1.165) is 32.1 Å². The Morgan fingerprint density at radius 1 is 0.635 bits per heavy atom. The molecule has 8 fully saturated rings. The Morgan fingerprint density at radius 2 is 1.16 bits per heavy atom. The van der Waals surface area contributed by atoms with Crippen LogP contribution in [-0.4, -0.2) is 182 Å². The normalized spacial score (nSPS) is 50.4. The third-order valence-corrected chi connectivity index (χ3v) is 20.1. The predicted octanol–water partition coefficient (Wildman–Crippen LogP) is 5.24. The summed E-state index contributed by atoms with van der Waals surface area (Å²) in [5, 5.41) is 47.8. The van der Waals surface area contributed by atoms with Crippen molar-refractivity contribution in [2.24, 2.45) is 34.5 Å². The Labute approximate surface area is 438 Å². The zero-order chi connectivity index (χ0) is 53.8. The fraction of sp³-hybridized carbons (Fsp3) is 0.964. The van der Waals surface area contributed by atoms with Crippen LogP contribution in [-0.2, 0) is 71.2 Å². The number of hydrogen-bond acceptors (Lipinski definition) is 19. The molecule has 19 nitrogen and oxygen atoms in total. The van der Waals surface area contributed by atoms with Gasteiger partial charge in [0.15, 0.2) is 25.2 Å². The largest absolute Gasteiger partial charge is 0.462 e. The van der Waals surface area contributed by atoms with Gasteiger partial charge in [0.25, 0.3) is 0 Å². The Hall–Kier alpha value is -1.66. The van der Waals surface area contributed by atoms with E-state index in [1.165, 1.54) is 6.92 Å². The lowest BCUT2D eigenvalue weighted by Crippen LogP contribution is -2.72. The van der Waals surface area contributed by atoms with Crippen molar-refractivity contribution < 1.29 is 91.6 Å². The molecule has 4 aliphatic heterocycles. The summed E-state index contributed by atoms with van der Waals surface area (Å²) in [6.45, 7) is 18.4. The molecule has 8 aliphatic rings. The SMILES string of the molecule is CC[C@@H](C)C(=O)O[C@@H](C)[C@]1(O)CC[C@]2(O)[C@@H]3CC[C@H]4C[C@@H](O[C@H]5C[C@H](O)[C@H](O[C@H]6C[C@H](OC)[C@H](O[C@H]7C[C@@H](OC)[C@H](O[C@H]8C[C@@H](OC)[C@H](O)[C@@H](C)O8)[C@@H](C)O7)[C@@H](C)O6)[C@@H](C)O5)CC[C@]4(C)[C@H]3C[C@@H](OC(C)=O)[C@]12C. The molecule has 8 rings (SSSR count). The highest BCUT2D eigenvalue weighted by Gasteiger charge is 2.77. The summed E-state index contributed by atoms with van der Waals surface area (Å²) < 4.78 is 80.8. The number of fused-ring (bicyclic) bond motifs is 5. The molecule has 0 bridgehead atoms. The molecular weight excluding hydrogens is 965 g/mol. The minimum atomic E-state index is -1.62. The quantitative estimate of drug-likeness (QED) is 0.114. The minimum absolute atomic E-state index is 0.00849. The Balaban J connectivity index is 0.837. The number of ether oxygens (including phenoxy) is 13. The first-order valence-corrected chi connectivity index (χ1v) is 28.0. The lowest BCUT2D eigenvalue weighted by Gasteiger charge is -2.66. The molecule has 0 unspecified atom stereocenters. The molecule has 4 aliphatic carbocycles. The summed E-state index contributed by atoms with van der Waals surface area (Å²) in [6, 6.07) is 0. The van der Waals surface area contributed by atoms with Gasteiger partial charge < -0.3 is 82.0 Å². The van der Waals surface area contributed by atoms with Crippen LogP contribution in [0.1, 0.15) is 153 Å². The molecule has 0 aromatic heterocycles. The second kappa shape index (κ2) is 23.2. The number of carbonyl (C=O) groups excluding carboxylic acids is 2. The maximum atomic E-state index is 13.1. The van der Waals surface area contributed by atoms with Crippen LogP contribution >= 0.6 is 0 Å². The van der Waals surface area contributed by atoms with E-state index >= 15 is 0 Å². The predicted molar refractivity (Wildman–Crippen MR) is 264 cm³/mol. The summed E-state index contributed by atoms with van der Waals surface area (Å²) in [6.07, 6.45) is -4.00. The molecule has 0 spiro atoms. The van der Waals surface area contributed by atoms with Crippen LogP contribution in [0.15, 0.2) is 0 Å². The van der Waals surface area contributed by atoms with E-state index in [-0.39, 0.29) is 54.1 Å². The second-order valence-electron chi connectivity index (χ2n) is 24.0. The van der Waals surface area contributed by atoms with Crippen molar-refractivity contribution in [3.63, 3.8) is 0 Å². The van der Waals surface area contributed by atoms with Crippen LogP contribution < -0.4 is 0 Å². The smallest absolute Gasteiger partial charge is 0.309 e. The molecule has 19 heteroatoms. The highest BCUT2D eigenvalue weighted by molar-refractivity contribution is 5.72. The maximum Gasteiger partial charge on any atom is 0.309 e. The monoisotopic (exact) mass is 1060 g/mol. The lowest BCUT2D eigenvalue weighted by atomic mass is 9.42.